The van der Waals surface area contributed by atoms with Crippen molar-refractivity contribution in [3.8, 4) is 5.75 Å². The lowest BCUT2D eigenvalue weighted by Crippen LogP contribution is -2.44. The Morgan fingerprint density at radius 2 is 1.89 bits per heavy atom. The van der Waals surface area contributed by atoms with Crippen LogP contribution in [0, 0.1) is 5.82 Å². The van der Waals surface area contributed by atoms with Crippen molar-refractivity contribution in [1.29, 1.82) is 0 Å². The van der Waals surface area contributed by atoms with Crippen LogP contribution < -0.4 is 10.1 Å². The quantitative estimate of drug-likeness (QED) is 0.621. The van der Waals surface area contributed by atoms with E-state index < -0.39 is 11.9 Å². The van der Waals surface area contributed by atoms with E-state index >= 15 is 0 Å². The molecule has 0 radical (unpaired) electrons. The number of β-amino-alcohol motifs (C(OH)–C–C–N with tert-alkyl or cyclic N) is 1. The van der Waals surface area contributed by atoms with Crippen molar-refractivity contribution in [3.05, 3.63) is 58.9 Å². The Labute approximate surface area is 217 Å². The minimum absolute atomic E-state index is 0.0356. The van der Waals surface area contributed by atoms with E-state index in [4.69, 9.17) is 4.74 Å². The zero-order chi connectivity index (χ0) is 25.9. The van der Waals surface area contributed by atoms with Gasteiger partial charge in [0.2, 0.25) is 5.91 Å². The van der Waals surface area contributed by atoms with Gasteiger partial charge in [-0.2, -0.15) is 0 Å². The molecule has 0 bridgehead atoms. The van der Waals surface area contributed by atoms with Gasteiger partial charge in [0.15, 0.2) is 11.6 Å². The second kappa shape index (κ2) is 11.1. The summed E-state index contributed by atoms with van der Waals surface area (Å²) in [5.41, 5.74) is 3.31. The summed E-state index contributed by atoms with van der Waals surface area (Å²) in [4.78, 5) is 30.6. The van der Waals surface area contributed by atoms with Gasteiger partial charge in [-0.05, 0) is 36.5 Å². The van der Waals surface area contributed by atoms with Crippen LogP contribution in [0.15, 0.2) is 36.4 Å². The van der Waals surface area contributed by atoms with E-state index in [1.54, 1.807) is 22.8 Å². The number of fused-ring (bicyclic) bond motifs is 2. The van der Waals surface area contributed by atoms with Crippen LogP contribution in [0.4, 0.5) is 10.1 Å². The molecule has 198 valence electrons. The number of halogens is 1. The van der Waals surface area contributed by atoms with E-state index in [2.05, 4.69) is 28.4 Å². The summed E-state index contributed by atoms with van der Waals surface area (Å²) in [7, 11) is 0. The number of likely N-dealkylation sites (tertiary alicyclic amines) is 1. The fourth-order valence-corrected chi connectivity index (χ4v) is 5.58. The minimum Gasteiger partial charge on any atom is -0.488 e. The number of amides is 2. The normalized spacial score (nSPS) is 19.5. The Balaban J connectivity index is 1.23. The molecule has 1 saturated heterocycles. The summed E-state index contributed by atoms with van der Waals surface area (Å²) < 4.78 is 20.6. The van der Waals surface area contributed by atoms with Crippen LogP contribution in [-0.2, 0) is 17.8 Å². The lowest BCUT2D eigenvalue weighted by Gasteiger charge is -2.32. The van der Waals surface area contributed by atoms with E-state index in [-0.39, 0.29) is 48.9 Å². The van der Waals surface area contributed by atoms with Gasteiger partial charge in [0.1, 0.15) is 6.61 Å². The predicted molar refractivity (Wildman–Crippen MR) is 138 cm³/mol. The smallest absolute Gasteiger partial charge is 0.258 e. The zero-order valence-electron chi connectivity index (χ0n) is 21.3. The molecule has 1 atom stereocenters. The molecule has 37 heavy (non-hydrogen) atoms. The summed E-state index contributed by atoms with van der Waals surface area (Å²) in [5, 5.41) is 14.2. The fraction of sp³-hybridized carbons (Fsp3) is 0.500. The Morgan fingerprint density at radius 1 is 1.14 bits per heavy atom. The van der Waals surface area contributed by atoms with E-state index in [1.807, 2.05) is 6.07 Å². The van der Waals surface area contributed by atoms with Gasteiger partial charge >= 0.3 is 0 Å². The Hall–Kier alpha value is -3.17. The Kier molecular flexibility index (Phi) is 7.62. The van der Waals surface area contributed by atoms with Crippen LogP contribution >= 0.6 is 0 Å². The van der Waals surface area contributed by atoms with Gasteiger partial charge in [-0.1, -0.05) is 24.3 Å². The van der Waals surface area contributed by atoms with Gasteiger partial charge in [0.05, 0.1) is 18.2 Å². The number of aliphatic hydroxyl groups is 1. The summed E-state index contributed by atoms with van der Waals surface area (Å²) in [6, 6.07) is 11.4. The number of hydrogen-bond donors (Lipinski definition) is 2. The zero-order valence-corrected chi connectivity index (χ0v) is 21.3. The predicted octanol–water partition coefficient (Wildman–Crippen LogP) is 2.50. The SMILES string of the molecule is CC(=O)N1CCC(Nc2cc(F)c3c(c2)C(=O)N(CC(O)CN2CCc4ccccc4C2)CCO3)CC1. The van der Waals surface area contributed by atoms with Crippen molar-refractivity contribution >= 4 is 17.5 Å². The van der Waals surface area contributed by atoms with Gasteiger partial charge < -0.3 is 25.0 Å². The molecule has 0 saturated carbocycles. The number of anilines is 1. The van der Waals surface area contributed by atoms with Crippen molar-refractivity contribution in [2.75, 3.05) is 51.2 Å². The molecule has 3 aliphatic heterocycles. The maximum atomic E-state index is 15.0. The monoisotopic (exact) mass is 510 g/mol. The number of carbonyl (C=O) groups is 2. The molecule has 1 unspecified atom stereocenters. The summed E-state index contributed by atoms with van der Waals surface area (Å²) in [6.07, 6.45) is 1.72. The molecule has 2 aromatic rings. The van der Waals surface area contributed by atoms with Crippen LogP contribution in [-0.4, -0.2) is 89.6 Å². The van der Waals surface area contributed by atoms with Gasteiger partial charge in [0, 0.05) is 64.0 Å². The number of nitrogens with one attached hydrogen (secondary N) is 1. The Bertz CT molecular complexity index is 1150. The lowest BCUT2D eigenvalue weighted by molar-refractivity contribution is -0.129. The number of nitrogens with zero attached hydrogens (tertiary/aromatic N) is 3. The third-order valence-electron chi connectivity index (χ3n) is 7.59. The summed E-state index contributed by atoms with van der Waals surface area (Å²) >= 11 is 0. The first kappa shape index (κ1) is 25.5. The second-order valence-corrected chi connectivity index (χ2v) is 10.3. The van der Waals surface area contributed by atoms with Crippen molar-refractivity contribution in [2.24, 2.45) is 0 Å². The average Bonchev–Trinajstić information content (AvgIpc) is 3.03. The van der Waals surface area contributed by atoms with Gasteiger partial charge in [-0.15, -0.1) is 0 Å². The van der Waals surface area contributed by atoms with Crippen LogP contribution in [0.3, 0.4) is 0 Å². The largest absolute Gasteiger partial charge is 0.488 e. The molecule has 0 spiro atoms. The second-order valence-electron chi connectivity index (χ2n) is 10.3. The molecular formula is C28H35FN4O4. The highest BCUT2D eigenvalue weighted by Gasteiger charge is 2.30. The van der Waals surface area contributed by atoms with Crippen LogP contribution in [0.1, 0.15) is 41.3 Å². The number of carbonyl (C=O) groups excluding carboxylic acids is 2. The molecule has 9 heteroatoms. The third kappa shape index (κ3) is 5.88. The maximum Gasteiger partial charge on any atom is 0.258 e. The van der Waals surface area contributed by atoms with Crippen molar-refractivity contribution in [1.82, 2.24) is 14.7 Å². The van der Waals surface area contributed by atoms with Gasteiger partial charge in [-0.25, -0.2) is 4.39 Å². The number of aliphatic hydroxyl groups excluding tert-OH is 1. The molecule has 0 aliphatic carbocycles. The molecule has 1 fully saturated rings. The summed E-state index contributed by atoms with van der Waals surface area (Å²) in [5.74, 6) is -0.899. The highest BCUT2D eigenvalue weighted by Crippen LogP contribution is 2.31. The van der Waals surface area contributed by atoms with Crippen molar-refractivity contribution in [2.45, 2.75) is 44.9 Å². The first-order valence-electron chi connectivity index (χ1n) is 13.1. The standard InChI is InChI=1S/C28H35FN4O4/c1-19(34)32-10-7-22(8-11-32)30-23-14-25-27(26(29)15-23)37-13-12-33(28(25)36)18-24(35)17-31-9-6-20-4-2-3-5-21(20)16-31/h2-5,14-15,22,24,30,35H,6-13,16-18H2,1H3. The molecule has 2 N–H and O–H groups in total. The fourth-order valence-electron chi connectivity index (χ4n) is 5.58. The van der Waals surface area contributed by atoms with Crippen molar-refractivity contribution in [3.63, 3.8) is 0 Å². The van der Waals surface area contributed by atoms with E-state index in [0.717, 1.165) is 32.4 Å². The van der Waals surface area contributed by atoms with E-state index in [0.29, 0.717) is 25.3 Å². The molecule has 2 aromatic carbocycles. The maximum absolute atomic E-state index is 15.0. The first-order valence-corrected chi connectivity index (χ1v) is 13.1. The van der Waals surface area contributed by atoms with Crippen LogP contribution in [0.2, 0.25) is 0 Å². The van der Waals surface area contributed by atoms with E-state index in [9.17, 15) is 19.1 Å². The molecule has 8 nitrogen and oxygen atoms in total. The number of rotatable bonds is 6. The van der Waals surface area contributed by atoms with Crippen molar-refractivity contribution < 1.29 is 23.8 Å². The lowest BCUT2D eigenvalue weighted by atomic mass is 10.00. The molecule has 5 rings (SSSR count). The number of piperidine rings is 1. The van der Waals surface area contributed by atoms with Gasteiger partial charge in [-0.3, -0.25) is 14.5 Å². The highest BCUT2D eigenvalue weighted by molar-refractivity contribution is 5.98. The van der Waals surface area contributed by atoms with Crippen LogP contribution in [0.5, 0.6) is 5.75 Å². The number of hydrogen-bond acceptors (Lipinski definition) is 6. The van der Waals surface area contributed by atoms with Crippen LogP contribution in [0.25, 0.3) is 0 Å². The van der Waals surface area contributed by atoms with E-state index in [1.165, 1.54) is 17.2 Å². The molecule has 2 amide bonds. The number of ether oxygens (including phenoxy) is 1. The molecule has 3 heterocycles. The average molecular weight is 511 g/mol. The third-order valence-corrected chi connectivity index (χ3v) is 7.59. The topological polar surface area (TPSA) is 85.4 Å². The number of benzene rings is 2. The molecule has 3 aliphatic rings. The summed E-state index contributed by atoms with van der Waals surface area (Å²) in [6.45, 7) is 5.55. The van der Waals surface area contributed by atoms with Gasteiger partial charge in [0.25, 0.3) is 5.91 Å². The molecular weight excluding hydrogens is 475 g/mol. The first-order chi connectivity index (χ1) is 17.9. The Morgan fingerprint density at radius 3 is 2.65 bits per heavy atom. The highest BCUT2D eigenvalue weighted by atomic mass is 19.1. The minimum atomic E-state index is -0.728. The molecule has 0 aromatic heterocycles.